The second-order valence-corrected chi connectivity index (χ2v) is 7.50. The highest BCUT2D eigenvalue weighted by Crippen LogP contribution is 2.37. The number of ether oxygens (including phenoxy) is 4. The van der Waals surface area contributed by atoms with Gasteiger partial charge in [0.2, 0.25) is 5.28 Å². The molecule has 3 aromatic heterocycles. The number of aromatic nitrogens is 4. The Kier molecular flexibility index (Phi) is 6.29. The van der Waals surface area contributed by atoms with Crippen molar-refractivity contribution in [2.24, 2.45) is 0 Å². The van der Waals surface area contributed by atoms with Crippen LogP contribution >= 0.6 is 11.6 Å². The molecule has 1 fully saturated rings. The topological polar surface area (TPSA) is 145 Å². The Labute approximate surface area is 191 Å². The number of carbonyl (C=O) groups is 3. The molecule has 4 rings (SSSR count). The van der Waals surface area contributed by atoms with E-state index in [1.54, 1.807) is 12.1 Å². The summed E-state index contributed by atoms with van der Waals surface area (Å²) in [6.07, 6.45) is -1.22. The predicted molar refractivity (Wildman–Crippen MR) is 110 cm³/mol. The van der Waals surface area contributed by atoms with Gasteiger partial charge >= 0.3 is 17.9 Å². The smallest absolute Gasteiger partial charge is 0.303 e. The third-order valence-corrected chi connectivity index (χ3v) is 4.93. The molecule has 1 aliphatic rings. The first-order valence-corrected chi connectivity index (χ1v) is 10.2. The molecule has 1 aliphatic heterocycles. The minimum atomic E-state index is -1.09. The molecule has 0 radical (unpaired) electrons. The normalized spacial score (nSPS) is 22.3. The Morgan fingerprint density at radius 1 is 1.09 bits per heavy atom. The van der Waals surface area contributed by atoms with Crippen molar-refractivity contribution in [3.63, 3.8) is 0 Å². The minimum Gasteiger partial charge on any atom is -0.463 e. The Bertz CT molecular complexity index is 1190. The predicted octanol–water partition coefficient (Wildman–Crippen LogP) is 2.06. The zero-order valence-corrected chi connectivity index (χ0v) is 18.5. The van der Waals surface area contributed by atoms with Crippen LogP contribution in [0.1, 0.15) is 27.0 Å². The van der Waals surface area contributed by atoms with Crippen molar-refractivity contribution in [3.8, 4) is 11.5 Å². The summed E-state index contributed by atoms with van der Waals surface area (Å²) in [5, 5.41) is -0.0781. The maximum atomic E-state index is 11.9. The van der Waals surface area contributed by atoms with Gasteiger partial charge in [0.15, 0.2) is 29.8 Å². The molecule has 4 atom stereocenters. The van der Waals surface area contributed by atoms with E-state index in [9.17, 15) is 14.4 Å². The zero-order chi connectivity index (χ0) is 23.7. The van der Waals surface area contributed by atoms with Crippen molar-refractivity contribution in [1.29, 1.82) is 0 Å². The van der Waals surface area contributed by atoms with Crippen LogP contribution in [0.25, 0.3) is 22.6 Å². The quantitative estimate of drug-likeness (QED) is 0.291. The Morgan fingerprint density at radius 2 is 1.82 bits per heavy atom. The Hall–Kier alpha value is -3.51. The highest BCUT2D eigenvalue weighted by molar-refractivity contribution is 6.28. The van der Waals surface area contributed by atoms with Crippen molar-refractivity contribution in [2.75, 3.05) is 6.61 Å². The average molecular weight is 479 g/mol. The molecule has 0 N–H and O–H groups in total. The van der Waals surface area contributed by atoms with Gasteiger partial charge in [-0.2, -0.15) is 4.98 Å². The van der Waals surface area contributed by atoms with Gasteiger partial charge in [0.05, 0.1) is 12.6 Å². The van der Waals surface area contributed by atoms with E-state index in [0.29, 0.717) is 17.0 Å². The van der Waals surface area contributed by atoms with Gasteiger partial charge < -0.3 is 23.4 Å². The summed E-state index contributed by atoms with van der Waals surface area (Å²) < 4.78 is 28.8. The fourth-order valence-electron chi connectivity index (χ4n) is 3.58. The highest BCUT2D eigenvalue weighted by Gasteiger charge is 2.51. The van der Waals surface area contributed by atoms with Gasteiger partial charge in [-0.3, -0.25) is 19.0 Å². The van der Waals surface area contributed by atoms with Crippen LogP contribution in [0, 0.1) is 0 Å². The van der Waals surface area contributed by atoms with E-state index in [0.717, 1.165) is 0 Å². The fraction of sp³-hybridized carbons (Fsp3) is 0.400. The van der Waals surface area contributed by atoms with E-state index in [1.807, 2.05) is 0 Å². The summed E-state index contributed by atoms with van der Waals surface area (Å²) >= 11 is 6.15. The van der Waals surface area contributed by atoms with E-state index < -0.39 is 42.4 Å². The number of rotatable bonds is 6. The monoisotopic (exact) mass is 478 g/mol. The third-order valence-electron chi connectivity index (χ3n) is 4.76. The number of carbonyl (C=O) groups excluding carboxylic acids is 3. The summed E-state index contributed by atoms with van der Waals surface area (Å²) in [6.45, 7) is 3.41. The van der Waals surface area contributed by atoms with E-state index in [1.165, 1.54) is 37.9 Å². The lowest BCUT2D eigenvalue weighted by atomic mass is 10.1. The lowest BCUT2D eigenvalue weighted by molar-refractivity contribution is -0.166. The van der Waals surface area contributed by atoms with E-state index in [2.05, 4.69) is 15.0 Å². The van der Waals surface area contributed by atoms with Crippen molar-refractivity contribution in [3.05, 3.63) is 30.0 Å². The molecule has 0 amide bonds. The summed E-state index contributed by atoms with van der Waals surface area (Å²) in [4.78, 5) is 47.8. The summed E-state index contributed by atoms with van der Waals surface area (Å²) in [6, 6.07) is 3.38. The number of fused-ring (bicyclic) bond motifs is 1. The summed E-state index contributed by atoms with van der Waals surface area (Å²) in [5.74, 6) is -1.39. The molecular formula is C20H19ClN4O8. The molecule has 1 saturated heterocycles. The van der Waals surface area contributed by atoms with E-state index in [4.69, 9.17) is 35.0 Å². The number of hydrogen-bond donors (Lipinski definition) is 0. The van der Waals surface area contributed by atoms with Crippen LogP contribution in [0.15, 0.2) is 29.1 Å². The van der Waals surface area contributed by atoms with Crippen LogP contribution in [-0.4, -0.2) is 62.3 Å². The second-order valence-electron chi connectivity index (χ2n) is 7.16. The van der Waals surface area contributed by atoms with Crippen LogP contribution in [-0.2, 0) is 33.3 Å². The van der Waals surface area contributed by atoms with Crippen LogP contribution in [0.3, 0.4) is 0 Å². The molecule has 13 heteroatoms. The number of imidazole rings is 1. The molecule has 0 aliphatic carbocycles. The molecule has 3 aromatic rings. The number of furan rings is 1. The van der Waals surface area contributed by atoms with Gasteiger partial charge in [0, 0.05) is 20.8 Å². The number of halogens is 1. The van der Waals surface area contributed by atoms with Gasteiger partial charge in [-0.1, -0.05) is 0 Å². The first-order chi connectivity index (χ1) is 15.7. The number of esters is 3. The molecule has 174 valence electrons. The molecule has 0 unspecified atom stereocenters. The van der Waals surface area contributed by atoms with Gasteiger partial charge in [-0.25, -0.2) is 9.97 Å². The van der Waals surface area contributed by atoms with Crippen molar-refractivity contribution < 1.29 is 37.7 Å². The van der Waals surface area contributed by atoms with Crippen molar-refractivity contribution >= 4 is 40.7 Å². The molecule has 0 bridgehead atoms. The van der Waals surface area contributed by atoms with Crippen LogP contribution in [0.4, 0.5) is 0 Å². The standard InChI is InChI=1S/C20H19ClN4O8/c1-9(26)30-7-13-16(31-10(2)27)17(32-11(3)28)19(33-13)25-8-22-15-14(12-5-4-6-29-12)23-20(21)24-18(15)25/h4-6,8,13,16-17,19H,7H2,1-3H3/t13-,16-,17-,19-/m1/s1. The van der Waals surface area contributed by atoms with Crippen LogP contribution in [0.5, 0.6) is 0 Å². The number of nitrogens with zero attached hydrogens (tertiary/aromatic N) is 4. The van der Waals surface area contributed by atoms with E-state index >= 15 is 0 Å². The highest BCUT2D eigenvalue weighted by atomic mass is 35.5. The van der Waals surface area contributed by atoms with Crippen molar-refractivity contribution in [2.45, 2.75) is 45.3 Å². The molecule has 0 saturated carbocycles. The van der Waals surface area contributed by atoms with Gasteiger partial charge in [0.25, 0.3) is 0 Å². The maximum absolute atomic E-state index is 11.9. The Balaban J connectivity index is 1.79. The fourth-order valence-corrected chi connectivity index (χ4v) is 3.74. The lowest BCUT2D eigenvalue weighted by Gasteiger charge is -2.23. The molecule has 0 aromatic carbocycles. The van der Waals surface area contributed by atoms with Crippen LogP contribution < -0.4 is 0 Å². The van der Waals surface area contributed by atoms with Gasteiger partial charge in [-0.15, -0.1) is 0 Å². The van der Waals surface area contributed by atoms with Crippen molar-refractivity contribution in [1.82, 2.24) is 19.5 Å². The maximum Gasteiger partial charge on any atom is 0.303 e. The third kappa shape index (κ3) is 4.66. The largest absolute Gasteiger partial charge is 0.463 e. The Morgan fingerprint density at radius 3 is 2.45 bits per heavy atom. The minimum absolute atomic E-state index is 0.0781. The lowest BCUT2D eigenvalue weighted by Crippen LogP contribution is -2.40. The SMILES string of the molecule is CC(=O)OC[C@H]1O[C@@H](n2cnc3c(-c4ccco4)nc(Cl)nc32)[C@H](OC(C)=O)[C@@H]1OC(C)=O. The zero-order valence-electron chi connectivity index (χ0n) is 17.8. The summed E-state index contributed by atoms with van der Waals surface area (Å²) in [5.41, 5.74) is 0.967. The molecule has 12 nitrogen and oxygen atoms in total. The molecule has 33 heavy (non-hydrogen) atoms. The van der Waals surface area contributed by atoms with Gasteiger partial charge in [-0.05, 0) is 23.7 Å². The first-order valence-electron chi connectivity index (χ1n) is 9.81. The van der Waals surface area contributed by atoms with Gasteiger partial charge in [0.1, 0.15) is 23.9 Å². The molecule has 4 heterocycles. The number of hydrogen-bond acceptors (Lipinski definition) is 11. The average Bonchev–Trinajstić information content (AvgIpc) is 3.46. The van der Waals surface area contributed by atoms with E-state index in [-0.39, 0.29) is 17.5 Å². The van der Waals surface area contributed by atoms with Crippen LogP contribution in [0.2, 0.25) is 5.28 Å². The summed E-state index contributed by atoms with van der Waals surface area (Å²) in [7, 11) is 0. The first kappa shape index (κ1) is 22.7. The second kappa shape index (κ2) is 9.16. The molecular weight excluding hydrogens is 460 g/mol. The molecule has 0 spiro atoms.